The number of hydrogen-bond acceptors (Lipinski definition) is 3. The third-order valence-electron chi connectivity index (χ3n) is 4.64. The van der Waals surface area contributed by atoms with Crippen LogP contribution in [0.1, 0.15) is 69.9 Å². The third kappa shape index (κ3) is 8.29. The van der Waals surface area contributed by atoms with E-state index in [1.807, 2.05) is 48.5 Å². The number of carbonyl (C=O) groups is 1. The minimum Gasteiger partial charge on any atom is -0.395 e. The molecule has 3 heteroatoms. The van der Waals surface area contributed by atoms with Crippen LogP contribution in [0.2, 0.25) is 0 Å². The predicted molar refractivity (Wildman–Crippen MR) is 111 cm³/mol. The fourth-order valence-corrected chi connectivity index (χ4v) is 2.98. The smallest absolute Gasteiger partial charge is 0.395 e. The van der Waals surface area contributed by atoms with E-state index in [0.717, 1.165) is 19.3 Å². The molecule has 0 fully saturated rings. The van der Waals surface area contributed by atoms with Crippen molar-refractivity contribution in [3.05, 3.63) is 59.7 Å². The number of hydrogen-bond donors (Lipinski definition) is 0. The van der Waals surface area contributed by atoms with Gasteiger partial charge in [-0.2, -0.15) is 0 Å². The van der Waals surface area contributed by atoms with Gasteiger partial charge in [0.25, 0.3) is 0 Å². The van der Waals surface area contributed by atoms with E-state index in [0.29, 0.717) is 11.5 Å². The van der Waals surface area contributed by atoms with E-state index in [-0.39, 0.29) is 0 Å². The summed E-state index contributed by atoms with van der Waals surface area (Å²) < 4.78 is 10.5. The van der Waals surface area contributed by atoms with Crippen LogP contribution in [0.25, 0.3) is 0 Å². The van der Waals surface area contributed by atoms with Gasteiger partial charge in [-0.1, -0.05) is 70.2 Å². The van der Waals surface area contributed by atoms with Crippen molar-refractivity contribution in [2.75, 3.05) is 0 Å². The molecule has 0 atom stereocenters. The van der Waals surface area contributed by atoms with E-state index in [9.17, 15) is 4.79 Å². The molecular weight excluding hydrogens is 336 g/mol. The van der Waals surface area contributed by atoms with E-state index < -0.39 is 6.16 Å². The Morgan fingerprint density at radius 3 is 1.56 bits per heavy atom. The Morgan fingerprint density at radius 1 is 0.630 bits per heavy atom. The number of aryl methyl sites for hydroxylation is 2. The first-order chi connectivity index (χ1) is 13.2. The van der Waals surface area contributed by atoms with Crippen LogP contribution in [0.5, 0.6) is 11.5 Å². The summed E-state index contributed by atoms with van der Waals surface area (Å²) in [5.41, 5.74) is 2.53. The molecule has 0 aliphatic carbocycles. The topological polar surface area (TPSA) is 35.5 Å². The maximum absolute atomic E-state index is 12.0. The SMILES string of the molecule is CCCCCCCc1ccc(OC(=O)Oc2ccc(CCCC)cc2)cc1. The van der Waals surface area contributed by atoms with Gasteiger partial charge in [0.1, 0.15) is 11.5 Å². The Labute approximate surface area is 163 Å². The van der Waals surface area contributed by atoms with Crippen molar-refractivity contribution in [1.82, 2.24) is 0 Å². The second-order valence-electron chi connectivity index (χ2n) is 7.01. The van der Waals surface area contributed by atoms with E-state index in [2.05, 4.69) is 13.8 Å². The molecule has 0 radical (unpaired) electrons. The highest BCUT2D eigenvalue weighted by Crippen LogP contribution is 2.18. The molecule has 0 heterocycles. The lowest BCUT2D eigenvalue weighted by Gasteiger charge is -2.07. The monoisotopic (exact) mass is 368 g/mol. The summed E-state index contributed by atoms with van der Waals surface area (Å²) in [5, 5.41) is 0. The van der Waals surface area contributed by atoms with Gasteiger partial charge in [-0.05, 0) is 61.1 Å². The Balaban J connectivity index is 1.75. The van der Waals surface area contributed by atoms with Crippen molar-refractivity contribution in [1.29, 1.82) is 0 Å². The van der Waals surface area contributed by atoms with Crippen LogP contribution >= 0.6 is 0 Å². The van der Waals surface area contributed by atoms with E-state index in [1.165, 1.54) is 49.7 Å². The first-order valence-corrected chi connectivity index (χ1v) is 10.3. The number of rotatable bonds is 11. The van der Waals surface area contributed by atoms with E-state index in [4.69, 9.17) is 9.47 Å². The Morgan fingerprint density at radius 2 is 1.07 bits per heavy atom. The second kappa shape index (κ2) is 12.2. The molecule has 146 valence electrons. The molecular formula is C24H32O3. The van der Waals surface area contributed by atoms with Crippen LogP contribution in [0.4, 0.5) is 4.79 Å². The summed E-state index contributed by atoms with van der Waals surface area (Å²) in [6, 6.07) is 15.3. The fourth-order valence-electron chi connectivity index (χ4n) is 2.98. The van der Waals surface area contributed by atoms with Crippen LogP contribution in [-0.4, -0.2) is 6.16 Å². The van der Waals surface area contributed by atoms with Crippen molar-refractivity contribution in [2.24, 2.45) is 0 Å². The third-order valence-corrected chi connectivity index (χ3v) is 4.64. The molecule has 0 aliphatic heterocycles. The summed E-state index contributed by atoms with van der Waals surface area (Å²) in [4.78, 5) is 12.0. The lowest BCUT2D eigenvalue weighted by Crippen LogP contribution is -2.13. The summed E-state index contributed by atoms with van der Waals surface area (Å²) in [6.45, 7) is 4.40. The quantitative estimate of drug-likeness (QED) is 0.241. The molecule has 0 saturated heterocycles. The number of benzene rings is 2. The minimum atomic E-state index is -0.705. The lowest BCUT2D eigenvalue weighted by molar-refractivity contribution is 0.152. The standard InChI is InChI=1S/C24H32O3/c1-3-5-7-8-9-11-21-14-18-23(19-15-21)27-24(25)26-22-16-12-20(13-17-22)10-6-4-2/h12-19H,3-11H2,1-2H3. The van der Waals surface area contributed by atoms with Gasteiger partial charge >= 0.3 is 6.16 Å². The molecule has 0 unspecified atom stereocenters. The zero-order valence-corrected chi connectivity index (χ0v) is 16.7. The lowest BCUT2D eigenvalue weighted by atomic mass is 10.1. The molecule has 0 amide bonds. The fraction of sp³-hybridized carbons (Fsp3) is 0.458. The molecule has 0 aliphatic rings. The van der Waals surface area contributed by atoms with Gasteiger partial charge in [0.05, 0.1) is 0 Å². The minimum absolute atomic E-state index is 0.504. The molecule has 0 bridgehead atoms. The van der Waals surface area contributed by atoms with Crippen molar-refractivity contribution in [3.8, 4) is 11.5 Å². The average molecular weight is 369 g/mol. The van der Waals surface area contributed by atoms with Crippen LogP contribution in [0, 0.1) is 0 Å². The molecule has 3 nitrogen and oxygen atoms in total. The van der Waals surface area contributed by atoms with Crippen molar-refractivity contribution in [3.63, 3.8) is 0 Å². The van der Waals surface area contributed by atoms with Gasteiger partial charge in [0, 0.05) is 0 Å². The normalized spacial score (nSPS) is 10.6. The van der Waals surface area contributed by atoms with Crippen LogP contribution in [0.15, 0.2) is 48.5 Å². The van der Waals surface area contributed by atoms with Gasteiger partial charge in [-0.25, -0.2) is 4.79 Å². The van der Waals surface area contributed by atoms with Crippen LogP contribution in [-0.2, 0) is 12.8 Å². The molecule has 0 aromatic heterocycles. The summed E-state index contributed by atoms with van der Waals surface area (Å²) >= 11 is 0. The maximum atomic E-state index is 12.0. The molecule has 0 spiro atoms. The molecule has 27 heavy (non-hydrogen) atoms. The summed E-state index contributed by atoms with van der Waals surface area (Å²) in [5.74, 6) is 1.01. The Bertz CT molecular complexity index is 659. The van der Waals surface area contributed by atoms with Gasteiger partial charge in [0.15, 0.2) is 0 Å². The first-order valence-electron chi connectivity index (χ1n) is 10.3. The van der Waals surface area contributed by atoms with Gasteiger partial charge in [0.2, 0.25) is 0 Å². The highest BCUT2D eigenvalue weighted by molar-refractivity contribution is 5.67. The van der Waals surface area contributed by atoms with Crippen molar-refractivity contribution < 1.29 is 14.3 Å². The van der Waals surface area contributed by atoms with Crippen molar-refractivity contribution >= 4 is 6.16 Å². The highest BCUT2D eigenvalue weighted by Gasteiger charge is 2.08. The summed E-state index contributed by atoms with van der Waals surface area (Å²) in [7, 11) is 0. The van der Waals surface area contributed by atoms with Crippen LogP contribution < -0.4 is 9.47 Å². The number of unbranched alkanes of at least 4 members (excludes halogenated alkanes) is 5. The second-order valence-corrected chi connectivity index (χ2v) is 7.01. The van der Waals surface area contributed by atoms with E-state index >= 15 is 0 Å². The molecule has 2 rings (SSSR count). The van der Waals surface area contributed by atoms with Gasteiger partial charge in [-0.15, -0.1) is 0 Å². The zero-order chi connectivity index (χ0) is 19.3. The first kappa shape index (κ1) is 21.0. The zero-order valence-electron chi connectivity index (χ0n) is 16.7. The predicted octanol–water partition coefficient (Wildman–Crippen LogP) is 7.12. The molecule has 0 saturated carbocycles. The molecule has 2 aromatic rings. The van der Waals surface area contributed by atoms with Crippen LogP contribution in [0.3, 0.4) is 0 Å². The largest absolute Gasteiger partial charge is 0.519 e. The maximum Gasteiger partial charge on any atom is 0.519 e. The summed E-state index contributed by atoms with van der Waals surface area (Å²) in [6.07, 6.45) is 10.1. The Kier molecular flexibility index (Phi) is 9.47. The average Bonchev–Trinajstić information content (AvgIpc) is 2.68. The molecule has 0 N–H and O–H groups in total. The Hall–Kier alpha value is -2.29. The van der Waals surface area contributed by atoms with Crippen molar-refractivity contribution in [2.45, 2.75) is 71.6 Å². The molecule has 2 aromatic carbocycles. The number of carbonyl (C=O) groups excluding carboxylic acids is 1. The van der Waals surface area contributed by atoms with Gasteiger partial charge < -0.3 is 9.47 Å². The number of ether oxygens (including phenoxy) is 2. The highest BCUT2D eigenvalue weighted by atomic mass is 16.7. The van der Waals surface area contributed by atoms with E-state index in [1.54, 1.807) is 0 Å². The van der Waals surface area contributed by atoms with Gasteiger partial charge in [-0.3, -0.25) is 0 Å².